The molecule has 1 amide bonds. The molecule has 28 heavy (non-hydrogen) atoms. The zero-order valence-corrected chi connectivity index (χ0v) is 17.5. The summed E-state index contributed by atoms with van der Waals surface area (Å²) in [6.45, 7) is 4.89. The maximum absolute atomic E-state index is 12.3. The number of nitrogens with one attached hydrogen (secondary N) is 1. The molecule has 0 aromatic heterocycles. The number of hydrogen-bond donors (Lipinski definition) is 2. The van der Waals surface area contributed by atoms with Gasteiger partial charge in [-0.2, -0.15) is 0 Å². The fraction of sp³-hybridized carbons (Fsp3) is 0.381. The molecule has 3 N–H and O–H groups in total. The van der Waals surface area contributed by atoms with E-state index in [1.165, 1.54) is 5.56 Å². The van der Waals surface area contributed by atoms with Crippen LogP contribution in [0.4, 0.5) is 0 Å². The molecule has 0 aliphatic carbocycles. The summed E-state index contributed by atoms with van der Waals surface area (Å²) in [5.41, 5.74) is 9.53. The monoisotopic (exact) mass is 425 g/mol. The van der Waals surface area contributed by atoms with E-state index in [1.807, 2.05) is 42.5 Å². The van der Waals surface area contributed by atoms with E-state index < -0.39 is 0 Å². The summed E-state index contributed by atoms with van der Waals surface area (Å²) in [7, 11) is 0. The van der Waals surface area contributed by atoms with E-state index in [2.05, 4.69) is 22.3 Å². The second-order valence-electron chi connectivity index (χ2n) is 6.66. The van der Waals surface area contributed by atoms with E-state index >= 15 is 0 Å². The average molecular weight is 426 g/mol. The molecule has 1 fully saturated rings. The predicted octanol–water partition coefficient (Wildman–Crippen LogP) is 3.07. The van der Waals surface area contributed by atoms with Crippen LogP contribution in [0.1, 0.15) is 29.2 Å². The zero-order chi connectivity index (χ0) is 18.2. The van der Waals surface area contributed by atoms with Crippen molar-refractivity contribution in [3.63, 3.8) is 0 Å². The van der Waals surface area contributed by atoms with Crippen LogP contribution in [0.25, 0.3) is 0 Å². The number of rotatable bonds is 7. The number of amides is 1. The summed E-state index contributed by atoms with van der Waals surface area (Å²) in [5, 5.41) is 3.02. The molecule has 2 aromatic carbocycles. The fourth-order valence-electron chi connectivity index (χ4n) is 3.17. The molecule has 154 valence electrons. The lowest BCUT2D eigenvalue weighted by Gasteiger charge is -2.27. The molecular weight excluding hydrogens is 397 g/mol. The van der Waals surface area contributed by atoms with Gasteiger partial charge < -0.3 is 15.8 Å². The van der Waals surface area contributed by atoms with Crippen molar-refractivity contribution >= 4 is 30.7 Å². The van der Waals surface area contributed by atoms with Gasteiger partial charge in [0, 0.05) is 38.6 Å². The van der Waals surface area contributed by atoms with E-state index in [0.717, 1.165) is 44.0 Å². The Morgan fingerprint density at radius 3 is 2.29 bits per heavy atom. The van der Waals surface area contributed by atoms with Crippen molar-refractivity contribution in [3.8, 4) is 0 Å². The Morgan fingerprint density at radius 1 is 1.00 bits per heavy atom. The van der Waals surface area contributed by atoms with Crippen molar-refractivity contribution in [3.05, 3.63) is 71.3 Å². The molecular formula is C21H29Cl2N3O2. The van der Waals surface area contributed by atoms with Gasteiger partial charge in [0.05, 0.1) is 13.2 Å². The van der Waals surface area contributed by atoms with Gasteiger partial charge in [-0.05, 0) is 16.7 Å². The van der Waals surface area contributed by atoms with Crippen LogP contribution in [-0.2, 0) is 22.6 Å². The van der Waals surface area contributed by atoms with Crippen LogP contribution in [0.5, 0.6) is 0 Å². The Morgan fingerprint density at radius 2 is 1.61 bits per heavy atom. The molecule has 1 heterocycles. The average Bonchev–Trinajstić information content (AvgIpc) is 2.69. The Labute approximate surface area is 179 Å². The maximum atomic E-state index is 12.3. The summed E-state index contributed by atoms with van der Waals surface area (Å²) < 4.78 is 5.41. The first-order chi connectivity index (χ1) is 12.7. The van der Waals surface area contributed by atoms with Crippen molar-refractivity contribution in [2.45, 2.75) is 25.6 Å². The molecule has 3 rings (SSSR count). The summed E-state index contributed by atoms with van der Waals surface area (Å²) in [6, 6.07) is 17.7. The van der Waals surface area contributed by atoms with Crippen LogP contribution in [0.3, 0.4) is 0 Å². The number of benzene rings is 2. The Bertz CT molecular complexity index is 710. The maximum Gasteiger partial charge on any atom is 0.222 e. The molecule has 2 aromatic rings. The molecule has 0 radical (unpaired) electrons. The van der Waals surface area contributed by atoms with Gasteiger partial charge in [-0.1, -0.05) is 54.6 Å². The molecule has 1 atom stereocenters. The molecule has 7 heteroatoms. The SMILES string of the molecule is Cl.Cl.NC(CC(=O)NCc1ccccc1CN1CCOCC1)c1ccccc1. The lowest BCUT2D eigenvalue weighted by atomic mass is 10.0. The Kier molecular flexibility index (Phi) is 11.1. The number of halogens is 2. The van der Waals surface area contributed by atoms with Crippen molar-refractivity contribution < 1.29 is 9.53 Å². The van der Waals surface area contributed by atoms with Crippen LogP contribution < -0.4 is 11.1 Å². The highest BCUT2D eigenvalue weighted by Gasteiger charge is 2.14. The summed E-state index contributed by atoms with van der Waals surface area (Å²) in [5.74, 6) is -0.0254. The number of morpholine rings is 1. The number of carbonyl (C=O) groups excluding carboxylic acids is 1. The van der Waals surface area contributed by atoms with E-state index in [4.69, 9.17) is 10.5 Å². The first kappa shape index (κ1) is 24.4. The third-order valence-electron chi connectivity index (χ3n) is 4.73. The normalized spacial score (nSPS) is 15.0. The van der Waals surface area contributed by atoms with E-state index in [-0.39, 0.29) is 43.2 Å². The molecule has 1 aliphatic heterocycles. The van der Waals surface area contributed by atoms with Crippen LogP contribution in [-0.4, -0.2) is 37.1 Å². The lowest BCUT2D eigenvalue weighted by molar-refractivity contribution is -0.121. The zero-order valence-electron chi connectivity index (χ0n) is 15.9. The second-order valence-corrected chi connectivity index (χ2v) is 6.66. The quantitative estimate of drug-likeness (QED) is 0.714. The van der Waals surface area contributed by atoms with Gasteiger partial charge in [0.15, 0.2) is 0 Å². The van der Waals surface area contributed by atoms with Crippen LogP contribution in [0.15, 0.2) is 54.6 Å². The summed E-state index contributed by atoms with van der Waals surface area (Å²) in [4.78, 5) is 14.7. The highest BCUT2D eigenvalue weighted by Crippen LogP contribution is 2.15. The van der Waals surface area contributed by atoms with Crippen molar-refractivity contribution in [2.24, 2.45) is 5.73 Å². The number of ether oxygens (including phenoxy) is 1. The van der Waals surface area contributed by atoms with Gasteiger partial charge in [-0.3, -0.25) is 9.69 Å². The van der Waals surface area contributed by atoms with E-state index in [0.29, 0.717) is 6.54 Å². The van der Waals surface area contributed by atoms with Gasteiger partial charge in [0.25, 0.3) is 0 Å². The minimum absolute atomic E-state index is 0. The number of nitrogens with zero attached hydrogens (tertiary/aromatic N) is 1. The van der Waals surface area contributed by atoms with Gasteiger partial charge >= 0.3 is 0 Å². The first-order valence-corrected chi connectivity index (χ1v) is 9.16. The topological polar surface area (TPSA) is 67.6 Å². The van der Waals surface area contributed by atoms with Gasteiger partial charge in [-0.15, -0.1) is 24.8 Å². The summed E-state index contributed by atoms with van der Waals surface area (Å²) in [6.07, 6.45) is 0.287. The molecule has 1 aliphatic rings. The number of hydrogen-bond acceptors (Lipinski definition) is 4. The van der Waals surface area contributed by atoms with Crippen molar-refractivity contribution in [1.82, 2.24) is 10.2 Å². The van der Waals surface area contributed by atoms with Crippen LogP contribution >= 0.6 is 24.8 Å². The Balaban J connectivity index is 0.00000196. The lowest BCUT2D eigenvalue weighted by Crippen LogP contribution is -2.36. The van der Waals surface area contributed by atoms with E-state index in [1.54, 1.807) is 0 Å². The van der Waals surface area contributed by atoms with Crippen molar-refractivity contribution in [1.29, 1.82) is 0 Å². The minimum atomic E-state index is -0.278. The molecule has 1 unspecified atom stereocenters. The highest BCUT2D eigenvalue weighted by molar-refractivity contribution is 5.85. The second kappa shape index (κ2) is 12.8. The predicted molar refractivity (Wildman–Crippen MR) is 117 cm³/mol. The third kappa shape index (κ3) is 7.41. The molecule has 0 saturated carbocycles. The highest BCUT2D eigenvalue weighted by atomic mass is 35.5. The standard InChI is InChI=1S/C21H27N3O2.2ClH/c22-20(17-6-2-1-3-7-17)14-21(25)23-15-18-8-4-5-9-19(18)16-24-10-12-26-13-11-24;;/h1-9,20H,10-16,22H2,(H,23,25);2*1H. The van der Waals surface area contributed by atoms with Crippen molar-refractivity contribution in [2.75, 3.05) is 26.3 Å². The van der Waals surface area contributed by atoms with Gasteiger partial charge in [-0.25, -0.2) is 0 Å². The largest absolute Gasteiger partial charge is 0.379 e. The third-order valence-corrected chi connectivity index (χ3v) is 4.73. The molecule has 0 spiro atoms. The first-order valence-electron chi connectivity index (χ1n) is 9.16. The van der Waals surface area contributed by atoms with Crippen LogP contribution in [0.2, 0.25) is 0 Å². The van der Waals surface area contributed by atoms with E-state index in [9.17, 15) is 4.79 Å². The van der Waals surface area contributed by atoms with Gasteiger partial charge in [0.1, 0.15) is 0 Å². The molecule has 5 nitrogen and oxygen atoms in total. The van der Waals surface area contributed by atoms with Crippen LogP contribution in [0, 0.1) is 0 Å². The number of nitrogens with two attached hydrogens (primary N) is 1. The van der Waals surface area contributed by atoms with Gasteiger partial charge in [0.2, 0.25) is 5.91 Å². The number of carbonyl (C=O) groups is 1. The minimum Gasteiger partial charge on any atom is -0.379 e. The molecule has 0 bridgehead atoms. The smallest absolute Gasteiger partial charge is 0.222 e. The fourth-order valence-corrected chi connectivity index (χ4v) is 3.17. The molecule has 1 saturated heterocycles. The summed E-state index contributed by atoms with van der Waals surface area (Å²) >= 11 is 0. The Hall–Kier alpha value is -1.63.